The van der Waals surface area contributed by atoms with E-state index in [1.54, 1.807) is 74.5 Å². The molecule has 1 saturated heterocycles. The smallest absolute Gasteiger partial charge is 0.246 e. The lowest BCUT2D eigenvalue weighted by atomic mass is 9.91. The summed E-state index contributed by atoms with van der Waals surface area (Å²) >= 11 is 0. The van der Waals surface area contributed by atoms with Crippen LogP contribution in [-0.2, 0) is 57.5 Å². The number of hydrogen-bond donors (Lipinski definition) is 5. The van der Waals surface area contributed by atoms with E-state index in [0.29, 0.717) is 6.42 Å². The summed E-state index contributed by atoms with van der Waals surface area (Å²) in [6.07, 6.45) is 2.81. The van der Waals surface area contributed by atoms with Crippen molar-refractivity contribution in [1.29, 1.82) is 0 Å². The fourth-order valence-electron chi connectivity index (χ4n) is 11.3. The van der Waals surface area contributed by atoms with Crippen molar-refractivity contribution in [3.05, 3.63) is 12.2 Å². The fourth-order valence-corrected chi connectivity index (χ4v) is 11.3. The molecule has 0 radical (unpaired) electrons. The lowest BCUT2D eigenvalue weighted by Crippen LogP contribution is -2.64. The Bertz CT molecular complexity index is 2400. The number of aliphatic hydroxyl groups is 1. The van der Waals surface area contributed by atoms with E-state index in [1.165, 1.54) is 94.7 Å². The second kappa shape index (κ2) is 36.5. The van der Waals surface area contributed by atoms with Gasteiger partial charge < -0.3 is 65.4 Å². The van der Waals surface area contributed by atoms with Crippen LogP contribution in [0.3, 0.4) is 0 Å². The zero-order valence-electron chi connectivity index (χ0n) is 58.1. The third-order valence-electron chi connectivity index (χ3n) is 17.0. The molecule has 0 bridgehead atoms. The SMILES string of the molecule is C/C=C/C[C@@H](C)[C@@H](O)[C@H]1C(=O)N[C@@H](CC)C(=O)N(C)[C@H](C)C(=O)N(CC)[C@@H]([C@H](C)COC)C(=O)N[C@@H](C(C)C)C(=O)N(C)[C@@H](CC(C)C)C(=O)N[C@@H](C)C(=O)N[C@H](C)C(=O)N(C)[C@@H](CC(C)C)C(=O)N(C)[C@@H](CC(C)C)C(=O)N(C)[C@@H](C(C)C)C(=O)N1C. The first-order valence-electron chi connectivity index (χ1n) is 31.6. The van der Waals surface area contributed by atoms with Crippen LogP contribution in [0, 0.1) is 41.4 Å². The Kier molecular flexibility index (Phi) is 33.1. The van der Waals surface area contributed by atoms with Gasteiger partial charge in [0.25, 0.3) is 0 Å². The molecule has 0 aromatic carbocycles. The number of allylic oxidation sites excluding steroid dienone is 2. The molecule has 1 aliphatic rings. The molecule has 0 aliphatic carbocycles. The number of amides is 11. The van der Waals surface area contributed by atoms with Gasteiger partial charge in [0, 0.05) is 61.9 Å². The van der Waals surface area contributed by atoms with Gasteiger partial charge in [0.15, 0.2) is 0 Å². The molecule has 0 aromatic rings. The first-order valence-corrected chi connectivity index (χ1v) is 31.6. The Hall–Kier alpha value is -6.17. The van der Waals surface area contributed by atoms with Crippen LogP contribution in [0.4, 0.5) is 0 Å². The third kappa shape index (κ3) is 21.2. The van der Waals surface area contributed by atoms with Crippen LogP contribution in [0.1, 0.15) is 157 Å². The number of nitrogens with zero attached hydrogens (tertiary/aromatic N) is 7. The minimum Gasteiger partial charge on any atom is -0.390 e. The number of ether oxygens (including phenoxy) is 1. The van der Waals surface area contributed by atoms with Crippen molar-refractivity contribution >= 4 is 65.0 Å². The molecule has 504 valence electrons. The number of carbonyl (C=O) groups excluding carboxylic acids is 11. The Morgan fingerprint density at radius 1 is 0.489 bits per heavy atom. The summed E-state index contributed by atoms with van der Waals surface area (Å²) in [5, 5.41) is 23.2. The van der Waals surface area contributed by atoms with Crippen molar-refractivity contribution in [2.75, 3.05) is 62.5 Å². The maximum absolute atomic E-state index is 15.2. The zero-order chi connectivity index (χ0) is 68.3. The summed E-state index contributed by atoms with van der Waals surface area (Å²) in [6.45, 7) is 30.9. The molecule has 1 heterocycles. The molecule has 1 aliphatic heterocycles. The number of carbonyl (C=O) groups is 11. The number of methoxy groups -OCH3 is 1. The normalized spacial score (nSPS) is 27.6. The molecule has 14 atom stereocenters. The van der Waals surface area contributed by atoms with E-state index in [1.807, 2.05) is 41.5 Å². The summed E-state index contributed by atoms with van der Waals surface area (Å²) in [5.41, 5.74) is 0. The summed E-state index contributed by atoms with van der Waals surface area (Å²) in [4.78, 5) is 171. The predicted molar refractivity (Wildman–Crippen MR) is 339 cm³/mol. The van der Waals surface area contributed by atoms with Gasteiger partial charge in [-0.05, 0) is 102 Å². The monoisotopic (exact) mass is 1250 g/mol. The highest BCUT2D eigenvalue weighted by Gasteiger charge is 2.46. The molecule has 0 spiro atoms. The van der Waals surface area contributed by atoms with Gasteiger partial charge in [-0.3, -0.25) is 52.7 Å². The van der Waals surface area contributed by atoms with Crippen molar-refractivity contribution < 1.29 is 62.6 Å². The highest BCUT2D eigenvalue weighted by atomic mass is 16.5. The topological polar surface area (TPSA) is 288 Å². The maximum Gasteiger partial charge on any atom is 0.246 e. The molecular formula is C64H115N11O13. The molecule has 5 N–H and O–H groups in total. The molecule has 0 unspecified atom stereocenters. The third-order valence-corrected chi connectivity index (χ3v) is 17.0. The van der Waals surface area contributed by atoms with Crippen LogP contribution in [-0.4, -0.2) is 239 Å². The van der Waals surface area contributed by atoms with Crippen molar-refractivity contribution in [3.8, 4) is 0 Å². The molecule has 88 heavy (non-hydrogen) atoms. The van der Waals surface area contributed by atoms with E-state index in [9.17, 15) is 48.3 Å². The van der Waals surface area contributed by atoms with Gasteiger partial charge in [-0.1, -0.05) is 102 Å². The van der Waals surface area contributed by atoms with Gasteiger partial charge in [0.2, 0.25) is 65.0 Å². The second-order valence-corrected chi connectivity index (χ2v) is 26.4. The van der Waals surface area contributed by atoms with E-state index in [4.69, 9.17) is 4.74 Å². The number of likely N-dealkylation sites (N-methyl/N-ethyl adjacent to an activating group) is 7. The van der Waals surface area contributed by atoms with E-state index >= 15 is 9.59 Å². The van der Waals surface area contributed by atoms with Crippen molar-refractivity contribution in [2.45, 2.75) is 229 Å². The van der Waals surface area contributed by atoms with E-state index in [2.05, 4.69) is 21.3 Å². The minimum atomic E-state index is -1.63. The van der Waals surface area contributed by atoms with Gasteiger partial charge in [-0.15, -0.1) is 0 Å². The number of hydrogen-bond acceptors (Lipinski definition) is 13. The lowest BCUT2D eigenvalue weighted by Gasteiger charge is -2.41. The fraction of sp³-hybridized carbons (Fsp3) is 0.797. The van der Waals surface area contributed by atoms with E-state index in [0.717, 1.165) is 9.80 Å². The zero-order valence-corrected chi connectivity index (χ0v) is 58.1. The quantitative estimate of drug-likeness (QED) is 0.131. The van der Waals surface area contributed by atoms with Gasteiger partial charge in [0.05, 0.1) is 12.7 Å². The number of nitrogens with one attached hydrogen (secondary N) is 4. The van der Waals surface area contributed by atoms with Crippen LogP contribution in [0.15, 0.2) is 12.2 Å². The largest absolute Gasteiger partial charge is 0.390 e. The molecular weight excluding hydrogens is 1130 g/mol. The Balaban J connectivity index is 4.44. The van der Waals surface area contributed by atoms with E-state index in [-0.39, 0.29) is 56.6 Å². The maximum atomic E-state index is 15.2. The Labute approximate surface area is 526 Å². The van der Waals surface area contributed by atoms with Gasteiger partial charge in [0.1, 0.15) is 66.5 Å². The second-order valence-electron chi connectivity index (χ2n) is 26.4. The summed E-state index contributed by atoms with van der Waals surface area (Å²) in [6, 6.07) is -13.9. The molecule has 1 fully saturated rings. The molecule has 0 aromatic heterocycles. The molecule has 11 amide bonds. The van der Waals surface area contributed by atoms with Crippen LogP contribution in [0.25, 0.3) is 0 Å². The van der Waals surface area contributed by atoms with Gasteiger partial charge in [-0.25, -0.2) is 0 Å². The summed E-state index contributed by atoms with van der Waals surface area (Å²) < 4.78 is 5.50. The number of aliphatic hydroxyl groups excluding tert-OH is 1. The molecule has 24 nitrogen and oxygen atoms in total. The first-order chi connectivity index (χ1) is 40.7. The lowest BCUT2D eigenvalue weighted by molar-refractivity contribution is -0.157. The van der Waals surface area contributed by atoms with Crippen LogP contribution in [0.5, 0.6) is 0 Å². The first kappa shape index (κ1) is 79.8. The van der Waals surface area contributed by atoms with Gasteiger partial charge >= 0.3 is 0 Å². The summed E-state index contributed by atoms with van der Waals surface area (Å²) in [7, 11) is 9.94. The Morgan fingerprint density at radius 3 is 1.40 bits per heavy atom. The minimum absolute atomic E-state index is 0.000943. The van der Waals surface area contributed by atoms with Gasteiger partial charge in [-0.2, -0.15) is 0 Å². The standard InChI is InChI=1S/C64H115N11O13/c1-26-29-30-40(14)53(76)52-57(80)67-45(27-2)60(83)69(19)44(18)59(82)75(28-3)51(41(15)34-88-25)56(79)68-49(38(10)11)63(86)70(20)46(31-35(4)5)55(78)65-42(16)54(77)66-43(17)58(81)71(21)47(32-36(6)7)61(84)72(22)48(33-37(8)9)62(85)73(23)50(39(12)13)64(87)74(52)24/h26,29,35-53,76H,27-28,30-34H2,1-25H3,(H,65,78)(H,66,77)(H,67,80)(H,68,79)/b29-26+/t40-,41-,42+,43-,44-,45+,46+,47+,48+,49+,50+,51+,52+,53-/m1/s1. The highest BCUT2D eigenvalue weighted by molar-refractivity contribution is 6.00. The summed E-state index contributed by atoms with van der Waals surface area (Å²) in [5.74, 6) is -10.5. The van der Waals surface area contributed by atoms with Crippen molar-refractivity contribution in [1.82, 2.24) is 55.6 Å². The van der Waals surface area contributed by atoms with Crippen LogP contribution >= 0.6 is 0 Å². The number of rotatable bonds is 17. The molecule has 1 rings (SSSR count). The van der Waals surface area contributed by atoms with E-state index < -0.39 is 161 Å². The predicted octanol–water partition coefficient (Wildman–Crippen LogP) is 3.28. The van der Waals surface area contributed by atoms with Crippen LogP contribution < -0.4 is 21.3 Å². The average Bonchev–Trinajstić information content (AvgIpc) is 2.09. The highest BCUT2D eigenvalue weighted by Crippen LogP contribution is 2.26. The molecule has 24 heteroatoms. The average molecular weight is 1250 g/mol. The van der Waals surface area contributed by atoms with Crippen molar-refractivity contribution in [3.63, 3.8) is 0 Å². The molecule has 0 saturated carbocycles. The van der Waals surface area contributed by atoms with Crippen molar-refractivity contribution in [2.24, 2.45) is 41.4 Å². The van der Waals surface area contributed by atoms with Crippen LogP contribution in [0.2, 0.25) is 0 Å². The Morgan fingerprint density at radius 2 is 0.943 bits per heavy atom.